The van der Waals surface area contributed by atoms with E-state index in [4.69, 9.17) is 5.26 Å². The van der Waals surface area contributed by atoms with Crippen LogP contribution >= 0.6 is 0 Å². The van der Waals surface area contributed by atoms with E-state index < -0.39 is 0 Å². The third-order valence-corrected chi connectivity index (χ3v) is 5.11. The van der Waals surface area contributed by atoms with E-state index in [2.05, 4.69) is 11.4 Å². The molecule has 0 radical (unpaired) electrons. The molecule has 0 aromatic heterocycles. The van der Waals surface area contributed by atoms with E-state index in [0.717, 1.165) is 45.1 Å². The molecule has 1 aliphatic heterocycles. The van der Waals surface area contributed by atoms with Crippen molar-refractivity contribution in [1.29, 1.82) is 5.26 Å². The number of nitriles is 1. The molecule has 24 heavy (non-hydrogen) atoms. The molecule has 2 fully saturated rings. The third-order valence-electron chi connectivity index (χ3n) is 5.11. The van der Waals surface area contributed by atoms with Gasteiger partial charge in [0.05, 0.1) is 17.6 Å². The van der Waals surface area contributed by atoms with Crippen LogP contribution in [0.3, 0.4) is 0 Å². The van der Waals surface area contributed by atoms with Gasteiger partial charge in [0.25, 0.3) is 5.91 Å². The molecule has 5 nitrogen and oxygen atoms in total. The Hall–Kier alpha value is -2.35. The molecule has 1 aromatic rings. The van der Waals surface area contributed by atoms with Gasteiger partial charge in [0, 0.05) is 24.7 Å². The second-order valence-corrected chi connectivity index (χ2v) is 6.64. The first-order valence-electron chi connectivity index (χ1n) is 8.79. The predicted octanol–water partition coefficient (Wildman–Crippen LogP) is 2.47. The van der Waals surface area contributed by atoms with Crippen LogP contribution in [-0.4, -0.2) is 35.8 Å². The van der Waals surface area contributed by atoms with Gasteiger partial charge in [-0.3, -0.25) is 9.59 Å². The maximum Gasteiger partial charge on any atom is 0.254 e. The topological polar surface area (TPSA) is 73.2 Å². The molecule has 0 spiro atoms. The van der Waals surface area contributed by atoms with Crippen LogP contribution in [0.5, 0.6) is 0 Å². The van der Waals surface area contributed by atoms with E-state index in [9.17, 15) is 9.59 Å². The molecule has 2 amide bonds. The highest BCUT2D eigenvalue weighted by Crippen LogP contribution is 2.32. The summed E-state index contributed by atoms with van der Waals surface area (Å²) in [6, 6.07) is 8.84. The quantitative estimate of drug-likeness (QED) is 0.862. The van der Waals surface area contributed by atoms with Crippen molar-refractivity contribution in [3.05, 3.63) is 35.4 Å². The number of carbonyl (C=O) groups is 2. The van der Waals surface area contributed by atoms with E-state index in [1.54, 1.807) is 24.3 Å². The SMILES string of the molecule is N#Cc1ccc(C(=O)N2CCCCCNC(=O)C3CCCC32)cc1. The van der Waals surface area contributed by atoms with Crippen molar-refractivity contribution in [2.75, 3.05) is 13.1 Å². The number of nitrogens with zero attached hydrogens (tertiary/aromatic N) is 2. The van der Waals surface area contributed by atoms with E-state index in [-0.39, 0.29) is 23.8 Å². The van der Waals surface area contributed by atoms with Gasteiger partial charge < -0.3 is 10.2 Å². The maximum atomic E-state index is 13.0. The summed E-state index contributed by atoms with van der Waals surface area (Å²) >= 11 is 0. The first-order valence-corrected chi connectivity index (χ1v) is 8.79. The predicted molar refractivity (Wildman–Crippen MR) is 90.2 cm³/mol. The summed E-state index contributed by atoms with van der Waals surface area (Å²) in [5, 5.41) is 11.9. The lowest BCUT2D eigenvalue weighted by atomic mass is 9.98. The Balaban J connectivity index is 1.84. The van der Waals surface area contributed by atoms with Crippen LogP contribution in [0.25, 0.3) is 0 Å². The van der Waals surface area contributed by atoms with Crippen LogP contribution in [0.2, 0.25) is 0 Å². The van der Waals surface area contributed by atoms with Gasteiger partial charge in [0.1, 0.15) is 0 Å². The summed E-state index contributed by atoms with van der Waals surface area (Å²) in [5.74, 6) is -0.0211. The average molecular weight is 325 g/mol. The first kappa shape index (κ1) is 16.5. The molecule has 1 aliphatic carbocycles. The zero-order valence-corrected chi connectivity index (χ0v) is 13.8. The zero-order chi connectivity index (χ0) is 16.9. The molecule has 2 unspecified atom stereocenters. The Bertz CT molecular complexity index is 648. The van der Waals surface area contributed by atoms with Crippen molar-refractivity contribution in [2.45, 2.75) is 44.6 Å². The summed E-state index contributed by atoms with van der Waals surface area (Å²) in [7, 11) is 0. The van der Waals surface area contributed by atoms with Crippen molar-refractivity contribution in [3.8, 4) is 6.07 Å². The van der Waals surface area contributed by atoms with Crippen LogP contribution in [0.15, 0.2) is 24.3 Å². The Morgan fingerprint density at radius 1 is 1.12 bits per heavy atom. The number of carbonyl (C=O) groups excluding carboxylic acids is 2. The third kappa shape index (κ3) is 3.43. The van der Waals surface area contributed by atoms with Crippen LogP contribution in [-0.2, 0) is 4.79 Å². The first-order chi connectivity index (χ1) is 11.7. The maximum absolute atomic E-state index is 13.0. The van der Waals surface area contributed by atoms with E-state index >= 15 is 0 Å². The largest absolute Gasteiger partial charge is 0.356 e. The number of fused-ring (bicyclic) bond motifs is 1. The van der Waals surface area contributed by atoms with Gasteiger partial charge in [0.15, 0.2) is 0 Å². The highest BCUT2D eigenvalue weighted by Gasteiger charge is 2.39. The standard InChI is InChI=1S/C19H23N3O2/c20-13-14-7-9-15(10-8-14)19(24)22-12-3-1-2-11-21-18(23)16-5-4-6-17(16)22/h7-10,16-17H,1-6,11-12H2,(H,21,23). The number of rotatable bonds is 1. The molecule has 1 heterocycles. The molecular formula is C19H23N3O2. The van der Waals surface area contributed by atoms with E-state index in [1.165, 1.54) is 0 Å². The monoisotopic (exact) mass is 325 g/mol. The zero-order valence-electron chi connectivity index (χ0n) is 13.8. The number of nitrogens with one attached hydrogen (secondary N) is 1. The van der Waals surface area contributed by atoms with Crippen LogP contribution in [0.4, 0.5) is 0 Å². The highest BCUT2D eigenvalue weighted by molar-refractivity contribution is 5.95. The minimum absolute atomic E-state index is 0.00811. The van der Waals surface area contributed by atoms with Crippen molar-refractivity contribution in [1.82, 2.24) is 10.2 Å². The number of benzene rings is 1. The lowest BCUT2D eigenvalue weighted by Crippen LogP contribution is -2.48. The van der Waals surface area contributed by atoms with E-state index in [0.29, 0.717) is 17.7 Å². The smallest absolute Gasteiger partial charge is 0.254 e. The number of hydrogen-bond donors (Lipinski definition) is 1. The molecule has 2 aliphatic rings. The second kappa shape index (κ2) is 7.48. The van der Waals surface area contributed by atoms with Crippen LogP contribution in [0, 0.1) is 17.2 Å². The summed E-state index contributed by atoms with van der Waals surface area (Å²) in [4.78, 5) is 27.3. The molecule has 0 bridgehead atoms. The van der Waals surface area contributed by atoms with Gasteiger partial charge in [-0.2, -0.15) is 5.26 Å². The number of hydrogen-bond acceptors (Lipinski definition) is 3. The molecule has 1 aromatic carbocycles. The Morgan fingerprint density at radius 2 is 1.92 bits per heavy atom. The molecule has 126 valence electrons. The van der Waals surface area contributed by atoms with Gasteiger partial charge >= 0.3 is 0 Å². The van der Waals surface area contributed by atoms with Gasteiger partial charge in [-0.25, -0.2) is 0 Å². The minimum Gasteiger partial charge on any atom is -0.356 e. The molecule has 3 rings (SSSR count). The summed E-state index contributed by atoms with van der Waals surface area (Å²) in [5.41, 5.74) is 1.14. The fourth-order valence-corrected chi connectivity index (χ4v) is 3.82. The molecule has 1 saturated heterocycles. The second-order valence-electron chi connectivity index (χ2n) is 6.64. The molecule has 1 N–H and O–H groups in total. The normalized spacial score (nSPS) is 24.6. The van der Waals surface area contributed by atoms with E-state index in [1.807, 2.05) is 4.90 Å². The van der Waals surface area contributed by atoms with Gasteiger partial charge in [-0.15, -0.1) is 0 Å². The fourth-order valence-electron chi connectivity index (χ4n) is 3.82. The van der Waals surface area contributed by atoms with Crippen molar-refractivity contribution < 1.29 is 9.59 Å². The lowest BCUT2D eigenvalue weighted by molar-refractivity contribution is -0.126. The molecular weight excluding hydrogens is 302 g/mol. The van der Waals surface area contributed by atoms with Crippen molar-refractivity contribution in [2.24, 2.45) is 5.92 Å². The Labute approximate surface area is 142 Å². The minimum atomic E-state index is -0.0922. The van der Waals surface area contributed by atoms with Crippen molar-refractivity contribution in [3.63, 3.8) is 0 Å². The lowest BCUT2D eigenvalue weighted by Gasteiger charge is -2.33. The van der Waals surface area contributed by atoms with Crippen LogP contribution in [0.1, 0.15) is 54.4 Å². The van der Waals surface area contributed by atoms with Gasteiger partial charge in [0.2, 0.25) is 5.91 Å². The van der Waals surface area contributed by atoms with Crippen molar-refractivity contribution >= 4 is 11.8 Å². The average Bonchev–Trinajstić information content (AvgIpc) is 3.10. The fraction of sp³-hybridized carbons (Fsp3) is 0.526. The highest BCUT2D eigenvalue weighted by atomic mass is 16.2. The molecule has 1 saturated carbocycles. The van der Waals surface area contributed by atoms with Gasteiger partial charge in [-0.1, -0.05) is 6.42 Å². The Kier molecular flexibility index (Phi) is 5.14. The summed E-state index contributed by atoms with van der Waals surface area (Å²) < 4.78 is 0. The number of amides is 2. The molecule has 2 atom stereocenters. The van der Waals surface area contributed by atoms with Crippen LogP contribution < -0.4 is 5.32 Å². The van der Waals surface area contributed by atoms with Gasteiger partial charge in [-0.05, 0) is 56.4 Å². The Morgan fingerprint density at radius 3 is 2.67 bits per heavy atom. The molecule has 5 heteroatoms. The summed E-state index contributed by atoms with van der Waals surface area (Å²) in [6.07, 6.45) is 5.66. The summed E-state index contributed by atoms with van der Waals surface area (Å²) in [6.45, 7) is 1.44.